The SMILES string of the molecule is CC(C)COc1cccc(CNC(=O)CN)c1.Cl. The van der Waals surface area contributed by atoms with Crippen LogP contribution in [0.1, 0.15) is 19.4 Å². The molecule has 1 aromatic carbocycles. The average Bonchev–Trinajstić information content (AvgIpc) is 2.34. The second-order valence-electron chi connectivity index (χ2n) is 4.33. The zero-order valence-electron chi connectivity index (χ0n) is 10.8. The second kappa shape index (κ2) is 8.78. The molecule has 18 heavy (non-hydrogen) atoms. The van der Waals surface area contributed by atoms with Gasteiger partial charge >= 0.3 is 0 Å². The maximum absolute atomic E-state index is 11.0. The molecule has 3 N–H and O–H groups in total. The van der Waals surface area contributed by atoms with Gasteiger partial charge in [0, 0.05) is 6.54 Å². The van der Waals surface area contributed by atoms with Crippen LogP contribution in [0.2, 0.25) is 0 Å². The topological polar surface area (TPSA) is 64.3 Å². The molecule has 0 saturated heterocycles. The van der Waals surface area contributed by atoms with Crippen LogP contribution in [0.25, 0.3) is 0 Å². The molecule has 1 amide bonds. The molecule has 5 heteroatoms. The van der Waals surface area contributed by atoms with Gasteiger partial charge in [0.25, 0.3) is 0 Å². The van der Waals surface area contributed by atoms with Gasteiger partial charge in [-0.05, 0) is 23.6 Å². The van der Waals surface area contributed by atoms with Gasteiger partial charge in [0.05, 0.1) is 13.2 Å². The Balaban J connectivity index is 0.00000289. The van der Waals surface area contributed by atoms with Crippen LogP contribution < -0.4 is 15.8 Å². The molecule has 0 aliphatic rings. The molecule has 0 spiro atoms. The van der Waals surface area contributed by atoms with Crippen molar-refractivity contribution in [1.82, 2.24) is 5.32 Å². The van der Waals surface area contributed by atoms with E-state index in [0.29, 0.717) is 19.1 Å². The number of benzene rings is 1. The van der Waals surface area contributed by atoms with Crippen LogP contribution in [-0.4, -0.2) is 19.1 Å². The molecule has 0 saturated carbocycles. The number of carbonyl (C=O) groups excluding carboxylic acids is 1. The van der Waals surface area contributed by atoms with Gasteiger partial charge in [0.1, 0.15) is 5.75 Å². The minimum absolute atomic E-state index is 0. The normalized spacial score (nSPS) is 9.78. The average molecular weight is 273 g/mol. The first-order valence-electron chi connectivity index (χ1n) is 5.80. The van der Waals surface area contributed by atoms with Gasteiger partial charge in [-0.3, -0.25) is 4.79 Å². The van der Waals surface area contributed by atoms with Gasteiger partial charge in [0.2, 0.25) is 5.91 Å². The number of carbonyl (C=O) groups is 1. The number of halogens is 1. The lowest BCUT2D eigenvalue weighted by Gasteiger charge is -2.10. The van der Waals surface area contributed by atoms with E-state index >= 15 is 0 Å². The van der Waals surface area contributed by atoms with E-state index in [4.69, 9.17) is 10.5 Å². The molecule has 0 aliphatic carbocycles. The molecule has 4 nitrogen and oxygen atoms in total. The predicted octanol–water partition coefficient (Wildman–Crippen LogP) is 1.72. The predicted molar refractivity (Wildman–Crippen MR) is 74.9 cm³/mol. The minimum atomic E-state index is -0.154. The number of rotatable bonds is 6. The lowest BCUT2D eigenvalue weighted by atomic mass is 10.2. The van der Waals surface area contributed by atoms with Crippen molar-refractivity contribution in [3.63, 3.8) is 0 Å². The Labute approximate surface area is 114 Å². The number of nitrogens with two attached hydrogens (primary N) is 1. The maximum Gasteiger partial charge on any atom is 0.234 e. The van der Waals surface area contributed by atoms with Crippen molar-refractivity contribution in [1.29, 1.82) is 0 Å². The smallest absolute Gasteiger partial charge is 0.234 e. The van der Waals surface area contributed by atoms with Gasteiger partial charge in [-0.2, -0.15) is 0 Å². The molecular weight excluding hydrogens is 252 g/mol. The number of nitrogens with one attached hydrogen (secondary N) is 1. The Bertz CT molecular complexity index is 370. The highest BCUT2D eigenvalue weighted by molar-refractivity contribution is 5.85. The number of hydrogen-bond acceptors (Lipinski definition) is 3. The summed E-state index contributed by atoms with van der Waals surface area (Å²) in [5.41, 5.74) is 6.22. The first kappa shape index (κ1) is 16.7. The molecule has 1 rings (SSSR count). The van der Waals surface area contributed by atoms with Gasteiger partial charge in [-0.25, -0.2) is 0 Å². The molecule has 0 atom stereocenters. The Morgan fingerprint density at radius 3 is 2.78 bits per heavy atom. The monoisotopic (exact) mass is 272 g/mol. The third-order valence-corrected chi connectivity index (χ3v) is 2.16. The standard InChI is InChI=1S/C13H20N2O2.ClH/c1-10(2)9-17-12-5-3-4-11(6-12)8-15-13(16)7-14;/h3-6,10H,7-9,14H2,1-2H3,(H,15,16);1H. The molecule has 0 heterocycles. The van der Waals surface area contributed by atoms with Crippen LogP contribution in [0.4, 0.5) is 0 Å². The summed E-state index contributed by atoms with van der Waals surface area (Å²) in [4.78, 5) is 11.0. The van der Waals surface area contributed by atoms with Gasteiger partial charge in [0.15, 0.2) is 0 Å². The summed E-state index contributed by atoms with van der Waals surface area (Å²) in [5.74, 6) is 1.17. The van der Waals surface area contributed by atoms with E-state index in [0.717, 1.165) is 11.3 Å². The number of amides is 1. The third-order valence-electron chi connectivity index (χ3n) is 2.16. The van der Waals surface area contributed by atoms with E-state index in [-0.39, 0.29) is 24.9 Å². The molecule has 0 fully saturated rings. The maximum atomic E-state index is 11.0. The fourth-order valence-electron chi connectivity index (χ4n) is 1.28. The van der Waals surface area contributed by atoms with E-state index in [1.165, 1.54) is 0 Å². The minimum Gasteiger partial charge on any atom is -0.493 e. The van der Waals surface area contributed by atoms with Crippen molar-refractivity contribution in [2.45, 2.75) is 20.4 Å². The molecule has 102 valence electrons. The first-order chi connectivity index (χ1) is 8.11. The summed E-state index contributed by atoms with van der Waals surface area (Å²) < 4.78 is 5.60. The largest absolute Gasteiger partial charge is 0.493 e. The number of hydrogen-bond donors (Lipinski definition) is 2. The zero-order valence-corrected chi connectivity index (χ0v) is 11.6. The van der Waals surface area contributed by atoms with Crippen LogP contribution in [0, 0.1) is 5.92 Å². The second-order valence-corrected chi connectivity index (χ2v) is 4.33. The summed E-state index contributed by atoms with van der Waals surface area (Å²) in [6.45, 7) is 5.40. The lowest BCUT2D eigenvalue weighted by Crippen LogP contribution is -2.29. The summed E-state index contributed by atoms with van der Waals surface area (Å²) in [7, 11) is 0. The summed E-state index contributed by atoms with van der Waals surface area (Å²) in [6.07, 6.45) is 0. The molecular formula is C13H21ClN2O2. The summed E-state index contributed by atoms with van der Waals surface area (Å²) in [6, 6.07) is 7.70. The molecule has 0 radical (unpaired) electrons. The van der Waals surface area contributed by atoms with Crippen molar-refractivity contribution in [2.24, 2.45) is 11.7 Å². The molecule has 1 aromatic rings. The van der Waals surface area contributed by atoms with Crippen molar-refractivity contribution in [3.05, 3.63) is 29.8 Å². The van der Waals surface area contributed by atoms with Crippen molar-refractivity contribution in [2.75, 3.05) is 13.2 Å². The van der Waals surface area contributed by atoms with Crippen molar-refractivity contribution < 1.29 is 9.53 Å². The number of ether oxygens (including phenoxy) is 1. The van der Waals surface area contributed by atoms with Gasteiger partial charge in [-0.1, -0.05) is 26.0 Å². The van der Waals surface area contributed by atoms with Crippen molar-refractivity contribution in [3.8, 4) is 5.75 Å². The van der Waals surface area contributed by atoms with E-state index in [9.17, 15) is 4.79 Å². The highest BCUT2D eigenvalue weighted by Gasteiger charge is 2.01. The highest BCUT2D eigenvalue weighted by Crippen LogP contribution is 2.14. The Morgan fingerprint density at radius 1 is 1.44 bits per heavy atom. The molecule has 0 bridgehead atoms. The van der Waals surface area contributed by atoms with Crippen molar-refractivity contribution >= 4 is 18.3 Å². The van der Waals surface area contributed by atoms with Crippen LogP contribution >= 0.6 is 12.4 Å². The van der Waals surface area contributed by atoms with E-state index in [2.05, 4.69) is 19.2 Å². The molecule has 0 aliphatic heterocycles. The van der Waals surface area contributed by atoms with Crippen LogP contribution in [0.5, 0.6) is 5.75 Å². The third kappa shape index (κ3) is 6.47. The zero-order chi connectivity index (χ0) is 12.7. The van der Waals surface area contributed by atoms with E-state index in [1.807, 2.05) is 24.3 Å². The van der Waals surface area contributed by atoms with E-state index < -0.39 is 0 Å². The van der Waals surface area contributed by atoms with E-state index in [1.54, 1.807) is 0 Å². The summed E-state index contributed by atoms with van der Waals surface area (Å²) >= 11 is 0. The lowest BCUT2D eigenvalue weighted by molar-refractivity contribution is -0.119. The van der Waals surface area contributed by atoms with Crippen LogP contribution in [0.3, 0.4) is 0 Å². The quantitative estimate of drug-likeness (QED) is 0.829. The van der Waals surface area contributed by atoms with Crippen LogP contribution in [0.15, 0.2) is 24.3 Å². The van der Waals surface area contributed by atoms with Gasteiger partial charge in [-0.15, -0.1) is 12.4 Å². The Morgan fingerprint density at radius 2 is 2.17 bits per heavy atom. The highest BCUT2D eigenvalue weighted by atomic mass is 35.5. The first-order valence-corrected chi connectivity index (χ1v) is 5.80. The Kier molecular flexibility index (Phi) is 8.16. The molecule has 0 unspecified atom stereocenters. The fraction of sp³-hybridized carbons (Fsp3) is 0.462. The van der Waals surface area contributed by atoms with Crippen LogP contribution in [-0.2, 0) is 11.3 Å². The fourth-order valence-corrected chi connectivity index (χ4v) is 1.28. The molecule has 0 aromatic heterocycles. The van der Waals surface area contributed by atoms with Gasteiger partial charge < -0.3 is 15.8 Å². The Hall–Kier alpha value is -1.26. The summed E-state index contributed by atoms with van der Waals surface area (Å²) in [5, 5.41) is 2.72.